The van der Waals surface area contributed by atoms with Gasteiger partial charge in [-0.05, 0) is 55.9 Å². The number of carboxylic acids is 1. The molecule has 1 heterocycles. The molecule has 2 aromatic carbocycles. The van der Waals surface area contributed by atoms with Gasteiger partial charge in [-0.25, -0.2) is 13.6 Å². The van der Waals surface area contributed by atoms with Crippen molar-refractivity contribution in [2.75, 3.05) is 13.1 Å². The molecule has 1 unspecified atom stereocenters. The highest BCUT2D eigenvalue weighted by Crippen LogP contribution is 2.28. The lowest BCUT2D eigenvalue weighted by Gasteiger charge is -2.34. The molecule has 1 atom stereocenters. The summed E-state index contributed by atoms with van der Waals surface area (Å²) in [5, 5.41) is 9.31. The van der Waals surface area contributed by atoms with E-state index in [0.717, 1.165) is 30.5 Å². The number of carbonyl (C=O) groups is 2. The van der Waals surface area contributed by atoms with Crippen molar-refractivity contribution in [2.24, 2.45) is 5.92 Å². The molecule has 1 aliphatic heterocycles. The second kappa shape index (κ2) is 8.50. The molecule has 3 rings (SSSR count). The van der Waals surface area contributed by atoms with Gasteiger partial charge in [0.05, 0.1) is 11.5 Å². The van der Waals surface area contributed by atoms with Crippen LogP contribution < -0.4 is 0 Å². The SMILES string of the molecule is CC(C(=O)N1CCC(Cc2ccccc2C(=O)O)CC1)c1c(F)cccc1F. The molecule has 28 heavy (non-hydrogen) atoms. The van der Waals surface area contributed by atoms with Gasteiger partial charge in [-0.1, -0.05) is 24.3 Å². The van der Waals surface area contributed by atoms with Crippen molar-refractivity contribution in [3.8, 4) is 0 Å². The van der Waals surface area contributed by atoms with Crippen LogP contribution in [0.2, 0.25) is 0 Å². The van der Waals surface area contributed by atoms with Gasteiger partial charge in [-0.3, -0.25) is 4.79 Å². The van der Waals surface area contributed by atoms with E-state index in [1.165, 1.54) is 13.0 Å². The van der Waals surface area contributed by atoms with Gasteiger partial charge in [0.25, 0.3) is 0 Å². The highest BCUT2D eigenvalue weighted by Gasteiger charge is 2.30. The molecule has 0 radical (unpaired) electrons. The fraction of sp³-hybridized carbons (Fsp3) is 0.364. The summed E-state index contributed by atoms with van der Waals surface area (Å²) < 4.78 is 28.0. The molecule has 0 saturated carbocycles. The van der Waals surface area contributed by atoms with E-state index in [-0.39, 0.29) is 17.4 Å². The van der Waals surface area contributed by atoms with Gasteiger partial charge in [0.15, 0.2) is 0 Å². The largest absolute Gasteiger partial charge is 0.478 e. The van der Waals surface area contributed by atoms with Gasteiger partial charge in [0.2, 0.25) is 5.91 Å². The van der Waals surface area contributed by atoms with Crippen LogP contribution in [-0.2, 0) is 11.2 Å². The Balaban J connectivity index is 1.62. The number of aromatic carboxylic acids is 1. The van der Waals surface area contributed by atoms with Crippen molar-refractivity contribution in [2.45, 2.75) is 32.1 Å². The first-order valence-corrected chi connectivity index (χ1v) is 9.42. The molecule has 4 nitrogen and oxygen atoms in total. The molecule has 1 fully saturated rings. The lowest BCUT2D eigenvalue weighted by atomic mass is 9.87. The van der Waals surface area contributed by atoms with Gasteiger partial charge < -0.3 is 10.0 Å². The third-order valence-electron chi connectivity index (χ3n) is 5.49. The van der Waals surface area contributed by atoms with E-state index in [2.05, 4.69) is 0 Å². The van der Waals surface area contributed by atoms with Gasteiger partial charge in [0.1, 0.15) is 11.6 Å². The molecule has 148 valence electrons. The van der Waals surface area contributed by atoms with Gasteiger partial charge in [0, 0.05) is 18.7 Å². The van der Waals surface area contributed by atoms with Gasteiger partial charge in [-0.15, -0.1) is 0 Å². The Labute approximate surface area is 162 Å². The summed E-state index contributed by atoms with van der Waals surface area (Å²) in [6.07, 6.45) is 2.10. The summed E-state index contributed by atoms with van der Waals surface area (Å²) in [6, 6.07) is 10.6. The second-order valence-electron chi connectivity index (χ2n) is 7.29. The maximum atomic E-state index is 14.0. The predicted molar refractivity (Wildman–Crippen MR) is 101 cm³/mol. The van der Waals surface area contributed by atoms with E-state index in [9.17, 15) is 23.5 Å². The van der Waals surface area contributed by atoms with Crippen LogP contribution in [0.3, 0.4) is 0 Å². The Morgan fingerprint density at radius 1 is 1.07 bits per heavy atom. The summed E-state index contributed by atoms with van der Waals surface area (Å²) >= 11 is 0. The number of likely N-dealkylation sites (tertiary alicyclic amines) is 1. The highest BCUT2D eigenvalue weighted by atomic mass is 19.1. The Morgan fingerprint density at radius 2 is 1.68 bits per heavy atom. The number of carbonyl (C=O) groups excluding carboxylic acids is 1. The minimum Gasteiger partial charge on any atom is -0.478 e. The van der Waals surface area contributed by atoms with E-state index in [1.807, 2.05) is 12.1 Å². The Bertz CT molecular complexity index is 856. The average molecular weight is 387 g/mol. The van der Waals surface area contributed by atoms with Crippen molar-refractivity contribution in [3.63, 3.8) is 0 Å². The van der Waals surface area contributed by atoms with Gasteiger partial charge in [-0.2, -0.15) is 0 Å². The molecule has 1 aliphatic rings. The quantitative estimate of drug-likeness (QED) is 0.835. The van der Waals surface area contributed by atoms with Crippen LogP contribution in [0, 0.1) is 17.6 Å². The molecule has 0 aliphatic carbocycles. The van der Waals surface area contributed by atoms with Crippen LogP contribution in [0.1, 0.15) is 47.2 Å². The minimum atomic E-state index is -0.941. The molecular formula is C22H23F2NO3. The number of nitrogens with zero attached hydrogens (tertiary/aromatic N) is 1. The molecule has 1 amide bonds. The lowest BCUT2D eigenvalue weighted by Crippen LogP contribution is -2.41. The van der Waals surface area contributed by atoms with Crippen molar-refractivity contribution >= 4 is 11.9 Å². The number of hydrogen-bond donors (Lipinski definition) is 1. The van der Waals surface area contributed by atoms with Crippen molar-refractivity contribution < 1.29 is 23.5 Å². The molecule has 1 saturated heterocycles. The number of amides is 1. The van der Waals surface area contributed by atoms with Crippen LogP contribution in [0.4, 0.5) is 8.78 Å². The standard InChI is InChI=1S/C22H23F2NO3/c1-14(20-18(23)7-4-8-19(20)24)21(26)25-11-9-15(10-12-25)13-16-5-2-3-6-17(16)22(27)28/h2-8,14-15H,9-13H2,1H3,(H,27,28). The number of carboxylic acid groups (broad SMARTS) is 1. The third-order valence-corrected chi connectivity index (χ3v) is 5.49. The molecule has 0 aromatic heterocycles. The Morgan fingerprint density at radius 3 is 2.29 bits per heavy atom. The van der Waals surface area contributed by atoms with Crippen LogP contribution in [0.25, 0.3) is 0 Å². The van der Waals surface area contributed by atoms with Crippen molar-refractivity contribution in [1.82, 2.24) is 4.90 Å². The molecule has 0 spiro atoms. The maximum Gasteiger partial charge on any atom is 0.335 e. The first-order valence-electron chi connectivity index (χ1n) is 9.42. The monoisotopic (exact) mass is 387 g/mol. The highest BCUT2D eigenvalue weighted by molar-refractivity contribution is 5.89. The summed E-state index contributed by atoms with van der Waals surface area (Å²) in [6.45, 7) is 2.53. The summed E-state index contributed by atoms with van der Waals surface area (Å²) in [7, 11) is 0. The fourth-order valence-electron chi connectivity index (χ4n) is 3.90. The Hall–Kier alpha value is -2.76. The van der Waals surface area contributed by atoms with Crippen LogP contribution in [-0.4, -0.2) is 35.0 Å². The van der Waals surface area contributed by atoms with Crippen LogP contribution >= 0.6 is 0 Å². The zero-order chi connectivity index (χ0) is 20.3. The molecule has 0 bridgehead atoms. The summed E-state index contributed by atoms with van der Waals surface area (Å²) in [4.78, 5) is 25.7. The Kier molecular flexibility index (Phi) is 6.07. The van der Waals surface area contributed by atoms with E-state index in [1.54, 1.807) is 17.0 Å². The van der Waals surface area contributed by atoms with Crippen molar-refractivity contribution in [1.29, 1.82) is 0 Å². The van der Waals surface area contributed by atoms with E-state index < -0.39 is 23.5 Å². The van der Waals surface area contributed by atoms with E-state index >= 15 is 0 Å². The normalized spacial score (nSPS) is 16.0. The first-order chi connectivity index (χ1) is 13.4. The zero-order valence-electron chi connectivity index (χ0n) is 15.7. The minimum absolute atomic E-state index is 0.190. The topological polar surface area (TPSA) is 57.6 Å². The third kappa shape index (κ3) is 4.21. The lowest BCUT2D eigenvalue weighted by molar-refractivity contribution is -0.134. The van der Waals surface area contributed by atoms with Gasteiger partial charge >= 0.3 is 5.97 Å². The smallest absolute Gasteiger partial charge is 0.335 e. The number of rotatable bonds is 5. The molecule has 2 aromatic rings. The van der Waals surface area contributed by atoms with Crippen molar-refractivity contribution in [3.05, 3.63) is 70.8 Å². The summed E-state index contributed by atoms with van der Waals surface area (Å²) in [5.41, 5.74) is 0.913. The molecule has 1 N–H and O–H groups in total. The first kappa shape index (κ1) is 20.0. The average Bonchev–Trinajstić information content (AvgIpc) is 2.68. The van der Waals surface area contributed by atoms with E-state index in [0.29, 0.717) is 25.1 Å². The number of hydrogen-bond acceptors (Lipinski definition) is 2. The van der Waals surface area contributed by atoms with Crippen LogP contribution in [0.15, 0.2) is 42.5 Å². The molecule has 6 heteroatoms. The van der Waals surface area contributed by atoms with E-state index in [4.69, 9.17) is 0 Å². The zero-order valence-corrected chi connectivity index (χ0v) is 15.7. The van der Waals surface area contributed by atoms with Crippen LogP contribution in [0.5, 0.6) is 0 Å². The number of piperidine rings is 1. The number of benzene rings is 2. The number of halogens is 2. The fourth-order valence-corrected chi connectivity index (χ4v) is 3.90. The maximum absolute atomic E-state index is 14.0. The summed E-state index contributed by atoms with van der Waals surface area (Å²) in [5.74, 6) is -3.25. The predicted octanol–water partition coefficient (Wildman–Crippen LogP) is 4.25. The molecular weight excluding hydrogens is 364 g/mol. The second-order valence-corrected chi connectivity index (χ2v) is 7.29.